The minimum Gasteiger partial charge on any atom is -0.458 e. The quantitative estimate of drug-likeness (QED) is 0.472. The Morgan fingerprint density at radius 1 is 1.21 bits per heavy atom. The first kappa shape index (κ1) is 27.0. The Morgan fingerprint density at radius 3 is 2.56 bits per heavy atom. The normalized spacial score (nSPS) is 36.0. The number of carbonyl (C=O) groups excluding carboxylic acids is 2. The third kappa shape index (κ3) is 6.53. The van der Waals surface area contributed by atoms with Crippen LogP contribution in [0.5, 0.6) is 0 Å². The van der Waals surface area contributed by atoms with Crippen molar-refractivity contribution in [1.82, 2.24) is 4.98 Å². The van der Waals surface area contributed by atoms with Crippen LogP contribution in [0, 0.1) is 24.2 Å². The molecule has 3 heterocycles. The number of hydrogen-bond acceptors (Lipinski definition) is 8. The summed E-state index contributed by atoms with van der Waals surface area (Å²) in [5.41, 5.74) is 0.494. The number of aryl methyl sites for hydroxylation is 1. The molecule has 3 rings (SSSR count). The fourth-order valence-electron chi connectivity index (χ4n) is 4.78. The topological polar surface area (TPSA) is 109 Å². The summed E-state index contributed by atoms with van der Waals surface area (Å²) in [5, 5.41) is 24.5. The predicted octanol–water partition coefficient (Wildman–Crippen LogP) is 4.09. The molecule has 2 aliphatic rings. The number of aliphatic hydroxyl groups excluding tert-OH is 2. The average molecular weight is 494 g/mol. The molecule has 1 aromatic heterocycles. The summed E-state index contributed by atoms with van der Waals surface area (Å²) >= 11 is 1.56. The fourth-order valence-corrected chi connectivity index (χ4v) is 5.35. The standard InChI is InChI=1S/C26H39NO6S/c1-14-8-7-9-19-21(32-19)11-20(15(2)10-18-13-34-17(4)27-18)33-23(29)12-22(28)26(5,6)25(31)16(3)24(14)30/h10,13-14,16,19-22,24,28,30H,7-9,11-12H2,1-6H3/b15-10+/t14-,16-,19+,20-,21-,22+,24+/m1/s1. The van der Waals surface area contributed by atoms with E-state index in [9.17, 15) is 19.8 Å². The van der Waals surface area contributed by atoms with Crippen molar-refractivity contribution in [3.63, 3.8) is 0 Å². The lowest BCUT2D eigenvalue weighted by Crippen LogP contribution is -2.45. The van der Waals surface area contributed by atoms with E-state index in [1.165, 1.54) is 0 Å². The highest BCUT2D eigenvalue weighted by Crippen LogP contribution is 2.36. The van der Waals surface area contributed by atoms with Crippen LogP contribution >= 0.6 is 11.3 Å². The highest BCUT2D eigenvalue weighted by Gasteiger charge is 2.44. The van der Waals surface area contributed by atoms with Gasteiger partial charge in [-0.15, -0.1) is 11.3 Å². The molecule has 8 heteroatoms. The van der Waals surface area contributed by atoms with E-state index < -0.39 is 35.6 Å². The minimum atomic E-state index is -1.22. The summed E-state index contributed by atoms with van der Waals surface area (Å²) in [5.74, 6) is -1.52. The van der Waals surface area contributed by atoms with Gasteiger partial charge in [-0.1, -0.05) is 34.1 Å². The Hall–Kier alpha value is -1.61. The lowest BCUT2D eigenvalue weighted by Gasteiger charge is -2.34. The zero-order chi connectivity index (χ0) is 25.2. The van der Waals surface area contributed by atoms with Crippen LogP contribution in [-0.2, 0) is 19.1 Å². The second-order valence-electron chi connectivity index (χ2n) is 10.6. The lowest BCUT2D eigenvalue weighted by molar-refractivity contribution is -0.154. The second kappa shape index (κ2) is 11.0. The maximum absolute atomic E-state index is 13.2. The largest absolute Gasteiger partial charge is 0.458 e. The molecule has 0 amide bonds. The molecule has 2 N–H and O–H groups in total. The minimum absolute atomic E-state index is 0.00770. The number of Topliss-reactive ketones (excluding diaryl/α,β-unsaturated/α-hetero) is 1. The molecule has 0 unspecified atom stereocenters. The van der Waals surface area contributed by atoms with Crippen LogP contribution in [0.2, 0.25) is 0 Å². The number of fused-ring (bicyclic) bond motifs is 1. The molecule has 0 aliphatic carbocycles. The van der Waals surface area contributed by atoms with E-state index in [0.717, 1.165) is 35.5 Å². The molecule has 34 heavy (non-hydrogen) atoms. The third-order valence-electron chi connectivity index (χ3n) is 7.41. The van der Waals surface area contributed by atoms with Crippen LogP contribution in [0.4, 0.5) is 0 Å². The Bertz CT molecular complexity index is 909. The number of thiazole rings is 1. The molecule has 2 aliphatic heterocycles. The number of hydrogen-bond donors (Lipinski definition) is 2. The number of esters is 1. The fraction of sp³-hybridized carbons (Fsp3) is 0.731. The van der Waals surface area contributed by atoms with Crippen LogP contribution < -0.4 is 0 Å². The van der Waals surface area contributed by atoms with E-state index in [4.69, 9.17) is 9.47 Å². The van der Waals surface area contributed by atoms with Crippen LogP contribution in [-0.4, -0.2) is 57.5 Å². The van der Waals surface area contributed by atoms with Crippen molar-refractivity contribution < 1.29 is 29.3 Å². The predicted molar refractivity (Wildman–Crippen MR) is 131 cm³/mol. The van der Waals surface area contributed by atoms with Crippen molar-refractivity contribution in [2.24, 2.45) is 17.3 Å². The van der Waals surface area contributed by atoms with Gasteiger partial charge in [0.15, 0.2) is 0 Å². The van der Waals surface area contributed by atoms with Gasteiger partial charge in [0.05, 0.1) is 47.0 Å². The number of rotatable bonds is 2. The number of aliphatic hydroxyl groups is 2. The Morgan fingerprint density at radius 2 is 1.91 bits per heavy atom. The third-order valence-corrected chi connectivity index (χ3v) is 8.20. The van der Waals surface area contributed by atoms with E-state index >= 15 is 0 Å². The van der Waals surface area contributed by atoms with Crippen LogP contribution in [0.25, 0.3) is 6.08 Å². The zero-order valence-corrected chi connectivity index (χ0v) is 21.9. The van der Waals surface area contributed by atoms with Gasteiger partial charge in [-0.05, 0) is 44.3 Å². The summed E-state index contributed by atoms with van der Waals surface area (Å²) in [6.07, 6.45) is 2.28. The first-order chi connectivity index (χ1) is 15.9. The van der Waals surface area contributed by atoms with Gasteiger partial charge >= 0.3 is 5.97 Å². The number of epoxide rings is 1. The number of carbonyl (C=O) groups is 2. The molecule has 190 valence electrons. The SMILES string of the molecule is C/C(=C\c1csc(C)n1)[C@H]1C[C@H]2O[C@H]2CCC[C@@H](C)[C@H](O)[C@@H](C)C(=O)C(C)(C)[C@@H](O)CC(=O)O1. The van der Waals surface area contributed by atoms with Crippen molar-refractivity contribution in [2.75, 3.05) is 0 Å². The molecule has 0 spiro atoms. The molecule has 7 nitrogen and oxygen atoms in total. The van der Waals surface area contributed by atoms with Gasteiger partial charge in [0, 0.05) is 17.7 Å². The van der Waals surface area contributed by atoms with E-state index in [2.05, 4.69) is 4.98 Å². The highest BCUT2D eigenvalue weighted by atomic mass is 32.1. The van der Waals surface area contributed by atoms with Crippen LogP contribution in [0.15, 0.2) is 11.0 Å². The zero-order valence-electron chi connectivity index (χ0n) is 21.1. The van der Waals surface area contributed by atoms with Gasteiger partial charge in [0.25, 0.3) is 0 Å². The number of cyclic esters (lactones) is 1. The second-order valence-corrected chi connectivity index (χ2v) is 11.7. The first-order valence-electron chi connectivity index (χ1n) is 12.3. The van der Waals surface area contributed by atoms with Gasteiger partial charge in [-0.25, -0.2) is 4.98 Å². The van der Waals surface area contributed by atoms with Crippen molar-refractivity contribution in [1.29, 1.82) is 0 Å². The smallest absolute Gasteiger partial charge is 0.309 e. The molecule has 7 atom stereocenters. The van der Waals surface area contributed by atoms with Crippen LogP contribution in [0.1, 0.15) is 77.4 Å². The van der Waals surface area contributed by atoms with Crippen molar-refractivity contribution >= 4 is 29.2 Å². The van der Waals surface area contributed by atoms with Gasteiger partial charge in [0.2, 0.25) is 0 Å². The Balaban J connectivity index is 1.81. The molecule has 0 aromatic carbocycles. The molecule has 0 saturated carbocycles. The first-order valence-corrected chi connectivity index (χ1v) is 13.1. The molecule has 1 aromatic rings. The lowest BCUT2D eigenvalue weighted by atomic mass is 9.73. The number of ether oxygens (including phenoxy) is 2. The summed E-state index contributed by atoms with van der Waals surface area (Å²) in [6, 6.07) is 0. The molecule has 2 fully saturated rings. The van der Waals surface area contributed by atoms with E-state index in [1.54, 1.807) is 32.1 Å². The molecular formula is C26H39NO6S. The van der Waals surface area contributed by atoms with Crippen molar-refractivity contribution in [2.45, 2.75) is 104 Å². The Kier molecular flexibility index (Phi) is 8.71. The number of ketones is 1. The summed E-state index contributed by atoms with van der Waals surface area (Å²) in [4.78, 5) is 30.5. The molecule has 2 saturated heterocycles. The molecule has 0 bridgehead atoms. The van der Waals surface area contributed by atoms with E-state index in [1.807, 2.05) is 32.2 Å². The van der Waals surface area contributed by atoms with Gasteiger partial charge in [-0.2, -0.15) is 0 Å². The number of aromatic nitrogens is 1. The van der Waals surface area contributed by atoms with Gasteiger partial charge in [-0.3, -0.25) is 9.59 Å². The summed E-state index contributed by atoms with van der Waals surface area (Å²) < 4.78 is 11.7. The van der Waals surface area contributed by atoms with Crippen LogP contribution in [0.3, 0.4) is 0 Å². The highest BCUT2D eigenvalue weighted by molar-refractivity contribution is 7.09. The van der Waals surface area contributed by atoms with Crippen molar-refractivity contribution in [3.8, 4) is 0 Å². The number of nitrogens with zero attached hydrogens (tertiary/aromatic N) is 1. The van der Waals surface area contributed by atoms with E-state index in [-0.39, 0.29) is 30.3 Å². The summed E-state index contributed by atoms with van der Waals surface area (Å²) in [7, 11) is 0. The molecular weight excluding hydrogens is 454 g/mol. The maximum atomic E-state index is 13.2. The summed E-state index contributed by atoms with van der Waals surface area (Å²) in [6.45, 7) is 10.8. The van der Waals surface area contributed by atoms with Gasteiger partial charge < -0.3 is 19.7 Å². The Labute approximate surface area is 206 Å². The van der Waals surface area contributed by atoms with Gasteiger partial charge in [0.1, 0.15) is 11.9 Å². The monoisotopic (exact) mass is 493 g/mol. The van der Waals surface area contributed by atoms with E-state index in [0.29, 0.717) is 6.42 Å². The van der Waals surface area contributed by atoms with Crippen molar-refractivity contribution in [3.05, 3.63) is 21.7 Å². The maximum Gasteiger partial charge on any atom is 0.309 e. The average Bonchev–Trinajstić information content (AvgIpc) is 3.38. The molecule has 0 radical (unpaired) electrons.